The van der Waals surface area contributed by atoms with Crippen LogP contribution in [0, 0.1) is 13.8 Å². The van der Waals surface area contributed by atoms with Gasteiger partial charge in [-0.1, -0.05) is 30.3 Å². The largest absolute Gasteiger partial charge is 0.457 e. The van der Waals surface area contributed by atoms with Crippen molar-refractivity contribution in [3.8, 4) is 11.5 Å². The molecule has 36 heavy (non-hydrogen) atoms. The molecule has 0 saturated carbocycles. The van der Waals surface area contributed by atoms with Gasteiger partial charge in [0.1, 0.15) is 17.1 Å². The van der Waals surface area contributed by atoms with Crippen LogP contribution in [0.15, 0.2) is 75.9 Å². The van der Waals surface area contributed by atoms with Crippen LogP contribution in [-0.4, -0.2) is 42.9 Å². The van der Waals surface area contributed by atoms with Crippen molar-refractivity contribution < 1.29 is 13.9 Å². The first-order chi connectivity index (χ1) is 17.3. The monoisotopic (exact) mass is 482 g/mol. The predicted octanol–water partition coefficient (Wildman–Crippen LogP) is 5.70. The SMILES string of the molecule is Cc1cc2oc3c(c(=O)c2cc1C)[C@@H](c1cccc(Oc2ccccc2)c1)N(CCCN(C)C)C3=O. The van der Waals surface area contributed by atoms with Crippen LogP contribution in [0.1, 0.15) is 45.3 Å². The number of fused-ring (bicyclic) bond motifs is 2. The highest BCUT2D eigenvalue weighted by molar-refractivity contribution is 5.99. The Bertz CT molecular complexity index is 1490. The Morgan fingerprint density at radius 1 is 0.917 bits per heavy atom. The van der Waals surface area contributed by atoms with Gasteiger partial charge in [-0.3, -0.25) is 9.59 Å². The van der Waals surface area contributed by atoms with E-state index in [-0.39, 0.29) is 17.1 Å². The number of hydrogen-bond donors (Lipinski definition) is 0. The van der Waals surface area contributed by atoms with Gasteiger partial charge in [0.05, 0.1) is 17.0 Å². The summed E-state index contributed by atoms with van der Waals surface area (Å²) < 4.78 is 12.2. The molecule has 1 aromatic heterocycles. The summed E-state index contributed by atoms with van der Waals surface area (Å²) in [5.41, 5.74) is 3.54. The molecule has 1 aliphatic rings. The normalized spacial score (nSPS) is 15.1. The summed E-state index contributed by atoms with van der Waals surface area (Å²) in [6.45, 7) is 5.27. The molecule has 0 bridgehead atoms. The molecule has 0 radical (unpaired) electrons. The van der Waals surface area contributed by atoms with Gasteiger partial charge < -0.3 is 19.0 Å². The molecule has 0 saturated heterocycles. The van der Waals surface area contributed by atoms with Gasteiger partial charge in [0.25, 0.3) is 5.91 Å². The van der Waals surface area contributed by atoms with Gasteiger partial charge in [0, 0.05) is 6.54 Å². The summed E-state index contributed by atoms with van der Waals surface area (Å²) in [4.78, 5) is 31.3. The minimum absolute atomic E-state index is 0.139. The van der Waals surface area contributed by atoms with E-state index in [1.807, 2.05) is 94.7 Å². The Morgan fingerprint density at radius 3 is 2.39 bits per heavy atom. The van der Waals surface area contributed by atoms with E-state index >= 15 is 0 Å². The lowest BCUT2D eigenvalue weighted by molar-refractivity contribution is 0.0722. The van der Waals surface area contributed by atoms with Crippen LogP contribution in [0.3, 0.4) is 0 Å². The van der Waals surface area contributed by atoms with E-state index in [1.54, 1.807) is 4.90 Å². The Balaban J connectivity index is 1.63. The van der Waals surface area contributed by atoms with Crippen LogP contribution in [0.2, 0.25) is 0 Å². The number of aryl methyl sites for hydroxylation is 2. The zero-order valence-electron chi connectivity index (χ0n) is 21.1. The topological polar surface area (TPSA) is 63.0 Å². The first kappa shape index (κ1) is 23.8. The van der Waals surface area contributed by atoms with Crippen LogP contribution in [0.25, 0.3) is 11.0 Å². The molecule has 1 aliphatic heterocycles. The second kappa shape index (κ2) is 9.63. The standard InChI is InChI=1S/C30H30N2O4/c1-19-16-24-25(17-20(19)2)36-29-26(28(24)33)27(32(30(29)34)15-9-14-31(3)4)21-10-8-13-23(18-21)35-22-11-6-5-7-12-22/h5-8,10-13,16-18,27H,9,14-15H2,1-4H3/t27-/m1/s1. The molecule has 6 nitrogen and oxygen atoms in total. The van der Waals surface area contributed by atoms with Gasteiger partial charge >= 0.3 is 0 Å². The Kier molecular flexibility index (Phi) is 6.37. The zero-order valence-corrected chi connectivity index (χ0v) is 21.1. The molecule has 4 aromatic rings. The van der Waals surface area contributed by atoms with Crippen molar-refractivity contribution in [1.82, 2.24) is 9.80 Å². The van der Waals surface area contributed by atoms with Gasteiger partial charge in [-0.25, -0.2) is 0 Å². The minimum atomic E-state index is -0.545. The van der Waals surface area contributed by atoms with Crippen LogP contribution < -0.4 is 10.2 Å². The smallest absolute Gasteiger partial charge is 0.290 e. The van der Waals surface area contributed by atoms with Crippen molar-refractivity contribution in [2.45, 2.75) is 26.3 Å². The fourth-order valence-corrected chi connectivity index (χ4v) is 4.78. The average molecular weight is 483 g/mol. The van der Waals surface area contributed by atoms with Crippen molar-refractivity contribution in [1.29, 1.82) is 0 Å². The maximum atomic E-state index is 13.8. The van der Waals surface area contributed by atoms with Crippen molar-refractivity contribution in [3.63, 3.8) is 0 Å². The zero-order chi connectivity index (χ0) is 25.4. The van der Waals surface area contributed by atoms with E-state index in [4.69, 9.17) is 9.15 Å². The third-order valence-corrected chi connectivity index (χ3v) is 6.74. The molecule has 1 amide bonds. The summed E-state index contributed by atoms with van der Waals surface area (Å²) in [6, 6.07) is 20.3. The predicted molar refractivity (Wildman–Crippen MR) is 141 cm³/mol. The molecular weight excluding hydrogens is 452 g/mol. The lowest BCUT2D eigenvalue weighted by atomic mass is 9.97. The van der Waals surface area contributed by atoms with E-state index in [1.165, 1.54) is 0 Å². The van der Waals surface area contributed by atoms with Crippen LogP contribution in [-0.2, 0) is 0 Å². The van der Waals surface area contributed by atoms with Crippen molar-refractivity contribution in [3.05, 3.63) is 105 Å². The van der Waals surface area contributed by atoms with Gasteiger partial charge in [0.2, 0.25) is 5.76 Å². The van der Waals surface area contributed by atoms with E-state index in [0.717, 1.165) is 35.4 Å². The minimum Gasteiger partial charge on any atom is -0.457 e. The highest BCUT2D eigenvalue weighted by Gasteiger charge is 2.42. The third kappa shape index (κ3) is 4.40. The third-order valence-electron chi connectivity index (χ3n) is 6.74. The molecule has 0 fully saturated rings. The van der Waals surface area contributed by atoms with Crippen LogP contribution >= 0.6 is 0 Å². The molecule has 3 aromatic carbocycles. The second-order valence-corrected chi connectivity index (χ2v) is 9.65. The lowest BCUT2D eigenvalue weighted by Crippen LogP contribution is -2.32. The Labute approximate surface area is 210 Å². The fourth-order valence-electron chi connectivity index (χ4n) is 4.78. The maximum Gasteiger partial charge on any atom is 0.290 e. The number of carbonyl (C=O) groups excluding carboxylic acids is 1. The van der Waals surface area contributed by atoms with E-state index in [2.05, 4.69) is 4.90 Å². The number of benzene rings is 3. The lowest BCUT2D eigenvalue weighted by Gasteiger charge is -2.26. The number of ether oxygens (including phenoxy) is 1. The first-order valence-corrected chi connectivity index (χ1v) is 12.2. The summed E-state index contributed by atoms with van der Waals surface area (Å²) in [7, 11) is 4.01. The molecule has 0 unspecified atom stereocenters. The molecule has 0 aliphatic carbocycles. The van der Waals surface area contributed by atoms with E-state index in [9.17, 15) is 9.59 Å². The molecule has 2 heterocycles. The number of carbonyl (C=O) groups is 1. The highest BCUT2D eigenvalue weighted by atomic mass is 16.5. The molecule has 6 heteroatoms. The molecule has 0 N–H and O–H groups in total. The summed E-state index contributed by atoms with van der Waals surface area (Å²) >= 11 is 0. The number of nitrogens with zero attached hydrogens (tertiary/aromatic N) is 2. The van der Waals surface area contributed by atoms with Gasteiger partial charge in [0.15, 0.2) is 5.43 Å². The van der Waals surface area contributed by atoms with E-state index in [0.29, 0.717) is 28.8 Å². The average Bonchev–Trinajstić information content (AvgIpc) is 3.13. The number of rotatable bonds is 7. The van der Waals surface area contributed by atoms with E-state index < -0.39 is 6.04 Å². The molecular formula is C30H30N2O4. The van der Waals surface area contributed by atoms with Gasteiger partial charge in [-0.15, -0.1) is 0 Å². The molecule has 5 rings (SSSR count). The number of hydrogen-bond acceptors (Lipinski definition) is 5. The highest BCUT2D eigenvalue weighted by Crippen LogP contribution is 2.39. The van der Waals surface area contributed by atoms with Gasteiger partial charge in [-0.2, -0.15) is 0 Å². The maximum absolute atomic E-state index is 13.8. The Morgan fingerprint density at radius 2 is 1.64 bits per heavy atom. The van der Waals surface area contributed by atoms with Crippen molar-refractivity contribution >= 4 is 16.9 Å². The van der Waals surface area contributed by atoms with Crippen molar-refractivity contribution in [2.75, 3.05) is 27.2 Å². The molecule has 184 valence electrons. The van der Waals surface area contributed by atoms with Crippen molar-refractivity contribution in [2.24, 2.45) is 0 Å². The van der Waals surface area contributed by atoms with Crippen LogP contribution in [0.4, 0.5) is 0 Å². The number of amides is 1. The van der Waals surface area contributed by atoms with Gasteiger partial charge in [-0.05, 0) is 94.0 Å². The summed E-state index contributed by atoms with van der Waals surface area (Å²) in [6.07, 6.45) is 0.773. The molecule has 1 atom stereocenters. The molecule has 0 spiro atoms. The quantitative estimate of drug-likeness (QED) is 0.338. The number of para-hydroxylation sites is 1. The van der Waals surface area contributed by atoms with Crippen LogP contribution in [0.5, 0.6) is 11.5 Å². The Hall–Kier alpha value is -3.90. The summed E-state index contributed by atoms with van der Waals surface area (Å²) in [5, 5.41) is 0.501. The fraction of sp³-hybridized carbons (Fsp3) is 0.267. The first-order valence-electron chi connectivity index (χ1n) is 12.2. The summed E-state index contributed by atoms with van der Waals surface area (Å²) in [5.74, 6) is 1.25. The second-order valence-electron chi connectivity index (χ2n) is 9.65.